The second kappa shape index (κ2) is 58.8. The third kappa shape index (κ3) is 35.7. The maximum atomic E-state index is 13.3. The van der Waals surface area contributed by atoms with E-state index in [9.17, 15) is 4.79 Å². The van der Waals surface area contributed by atoms with Crippen LogP contribution in [0.3, 0.4) is 0 Å². The molecule has 12 heteroatoms. The van der Waals surface area contributed by atoms with Crippen molar-refractivity contribution in [2.75, 3.05) is 46.2 Å². The fourth-order valence-corrected chi connectivity index (χ4v) is 21.1. The van der Waals surface area contributed by atoms with Crippen LogP contribution in [-0.2, 0) is 9.53 Å². The lowest BCUT2D eigenvalue weighted by atomic mass is 9.47. The summed E-state index contributed by atoms with van der Waals surface area (Å²) in [4.78, 5) is 13.3. The minimum Gasteiger partial charge on any atom is -0.494 e. The number of carbonyl (C=O) groups is 1. The highest BCUT2D eigenvalue weighted by molar-refractivity contribution is 5.69. The largest absolute Gasteiger partial charge is 0.494 e. The number of hydrogen-bond acceptors (Lipinski definition) is 12. The first kappa shape index (κ1) is 102. The number of hydrogen-bond donors (Lipinski definition) is 0. The summed E-state index contributed by atoms with van der Waals surface area (Å²) in [5.41, 5.74) is 7.82. The summed E-state index contributed by atoms with van der Waals surface area (Å²) in [7, 11) is 0. The second-order valence-corrected chi connectivity index (χ2v) is 39.5. The van der Waals surface area contributed by atoms with Crippen LogP contribution >= 0.6 is 0 Å². The first-order valence-electron chi connectivity index (χ1n) is 52.3. The molecule has 4 aliphatic rings. The van der Waals surface area contributed by atoms with E-state index in [1.165, 1.54) is 212 Å². The number of benzene rings is 6. The molecule has 4 aliphatic carbocycles. The highest BCUT2D eigenvalue weighted by atomic mass is 16.6. The third-order valence-corrected chi connectivity index (χ3v) is 28.8. The predicted molar refractivity (Wildman–Crippen MR) is 532 cm³/mol. The normalized spacial score (nSPS) is 19.3. The van der Waals surface area contributed by atoms with Crippen LogP contribution in [0.1, 0.15) is 388 Å². The molecule has 6 aromatic rings. The summed E-state index contributed by atoms with van der Waals surface area (Å²) >= 11 is 0. The lowest BCUT2D eigenvalue weighted by Crippen LogP contribution is -2.51. The van der Waals surface area contributed by atoms with Crippen molar-refractivity contribution >= 4 is 17.3 Å². The molecule has 0 bridgehead atoms. The Morgan fingerprint density at radius 3 is 1.32 bits per heavy atom. The van der Waals surface area contributed by atoms with E-state index in [4.69, 9.17) is 42.6 Å². The molecule has 0 saturated heterocycles. The van der Waals surface area contributed by atoms with Gasteiger partial charge in [0.05, 0.1) is 69.3 Å². The van der Waals surface area contributed by atoms with Gasteiger partial charge in [-0.05, 0) is 283 Å². The van der Waals surface area contributed by atoms with Gasteiger partial charge in [-0.1, -0.05) is 296 Å². The average molecular weight is 1750 g/mol. The van der Waals surface area contributed by atoms with E-state index in [0.717, 1.165) is 206 Å². The van der Waals surface area contributed by atoms with Crippen molar-refractivity contribution in [2.24, 2.45) is 56.6 Å². The van der Waals surface area contributed by atoms with E-state index in [1.807, 2.05) is 97.1 Å². The molecule has 1 unspecified atom stereocenters. The molecule has 0 spiro atoms. The number of ether oxygens (including phenoxy) is 9. The fourth-order valence-electron chi connectivity index (χ4n) is 21.1. The highest BCUT2D eigenvalue weighted by Gasteiger charge is 2.59. The molecule has 0 radical (unpaired) electrons. The SMILES string of the molecule is CCCCCCCCCCCCOc1ccc(C#Cc2ccc(OCCCCCOc3ccc(N=Nc4ccc(OCCCCOc5ccc(-c6ccc(OC(C)CCCC(=O)O[C@H]7CC[C@@]8(C)C(=CC[C@H]9[C@@H]%10CC[C@H]([C@H](C)CCCC(C)C)[C@@]%10(C)CC[C@@H]98)C7)cc6)cc5)cc4)cc3)cc2)c(OCCCCCCCCCCCC)c1OCCCCCCCCCCCC. The Bertz CT molecular complexity index is 4120. The first-order chi connectivity index (χ1) is 62.7. The van der Waals surface area contributed by atoms with Gasteiger partial charge in [-0.2, -0.15) is 10.2 Å². The Kier molecular flexibility index (Phi) is 46.9. The van der Waals surface area contributed by atoms with Crippen LogP contribution in [0.25, 0.3) is 11.1 Å². The zero-order valence-electron chi connectivity index (χ0n) is 81.5. The van der Waals surface area contributed by atoms with Gasteiger partial charge in [-0.3, -0.25) is 4.79 Å². The van der Waals surface area contributed by atoms with Crippen molar-refractivity contribution < 1.29 is 47.4 Å². The number of unbranched alkanes of at least 4 members (excludes halogenated alkanes) is 30. The van der Waals surface area contributed by atoms with Crippen LogP contribution in [0.2, 0.25) is 0 Å². The summed E-state index contributed by atoms with van der Waals surface area (Å²) in [6, 6.07) is 44.3. The number of esters is 1. The monoisotopic (exact) mass is 1750 g/mol. The van der Waals surface area contributed by atoms with E-state index in [2.05, 4.69) is 127 Å². The van der Waals surface area contributed by atoms with Crippen LogP contribution in [0, 0.1) is 58.2 Å². The Hall–Kier alpha value is -7.91. The molecule has 0 aliphatic heterocycles. The number of nitrogens with zero attached hydrogens (tertiary/aromatic N) is 2. The van der Waals surface area contributed by atoms with Gasteiger partial charge < -0.3 is 42.6 Å². The van der Waals surface area contributed by atoms with Crippen molar-refractivity contribution in [1.29, 1.82) is 0 Å². The summed E-state index contributed by atoms with van der Waals surface area (Å²) < 4.78 is 57.2. The summed E-state index contributed by atoms with van der Waals surface area (Å²) in [5, 5.41) is 8.95. The minimum atomic E-state index is -0.0594. The molecule has 3 saturated carbocycles. The molecule has 0 aromatic heterocycles. The predicted octanol–water partition coefficient (Wildman–Crippen LogP) is 33.8. The molecule has 0 heterocycles. The van der Waals surface area contributed by atoms with E-state index in [1.54, 1.807) is 5.57 Å². The standard InChI is InChI=1S/C116H170N2O10/c1-10-13-16-19-22-25-28-31-34-38-87-124-111-78-59-97(113(125-88-39-35-32-29-26-23-20-17-14-11-2)114(111)126-89-40-36-33-30-27-24-21-18-15-12-3)54-51-94-52-65-101(66-53-94)120-83-41-37-42-84-121-103-71-61-99(62-72-103)117-118-100-63-73-104(74-64-100)123-86-44-43-85-122-102-67-55-95(56-68-102)96-57-69-105(70-58-96)127-93(7)49-46-50-112(119)128-106-79-81-115(8)98(90-106)60-75-107-109-77-76-108(92(6)48-45-47-91(4)5)116(109,9)82-80-110(107)115/h52-53,55-74,78,91-93,106-110H,10-50,75-77,79-90H2,1-9H3/t92-,93?,106+,107+,108-,109+,110+,115+,116-/m1/s1. The van der Waals surface area contributed by atoms with Gasteiger partial charge in [-0.15, -0.1) is 0 Å². The number of azo groups is 1. The van der Waals surface area contributed by atoms with Gasteiger partial charge >= 0.3 is 5.97 Å². The molecule has 12 nitrogen and oxygen atoms in total. The van der Waals surface area contributed by atoms with E-state index < -0.39 is 0 Å². The molecule has 0 N–H and O–H groups in total. The van der Waals surface area contributed by atoms with Gasteiger partial charge in [0, 0.05) is 18.4 Å². The molecule has 0 amide bonds. The zero-order valence-corrected chi connectivity index (χ0v) is 81.5. The van der Waals surface area contributed by atoms with Crippen molar-refractivity contribution in [3.63, 3.8) is 0 Å². The Balaban J connectivity index is 0.567. The molecule has 9 atom stereocenters. The minimum absolute atomic E-state index is 0.00367. The van der Waals surface area contributed by atoms with Gasteiger partial charge in [0.2, 0.25) is 5.75 Å². The van der Waals surface area contributed by atoms with Gasteiger partial charge in [0.15, 0.2) is 11.5 Å². The van der Waals surface area contributed by atoms with Crippen LogP contribution < -0.4 is 37.9 Å². The van der Waals surface area contributed by atoms with Gasteiger partial charge in [0.1, 0.15) is 34.9 Å². The van der Waals surface area contributed by atoms with Crippen LogP contribution in [0.15, 0.2) is 155 Å². The lowest BCUT2D eigenvalue weighted by molar-refractivity contribution is -0.151. The van der Waals surface area contributed by atoms with E-state index in [0.29, 0.717) is 63.8 Å². The number of rotatable bonds is 66. The molecule has 3 fully saturated rings. The summed E-state index contributed by atoms with van der Waals surface area (Å²) in [6.07, 6.45) is 61.7. The number of carbonyl (C=O) groups excluding carboxylic acids is 1. The maximum Gasteiger partial charge on any atom is 0.306 e. The second-order valence-electron chi connectivity index (χ2n) is 39.5. The van der Waals surface area contributed by atoms with Crippen molar-refractivity contribution in [3.8, 4) is 69.0 Å². The number of fused-ring (bicyclic) bond motifs is 5. The molecule has 704 valence electrons. The van der Waals surface area contributed by atoms with Crippen LogP contribution in [0.4, 0.5) is 11.4 Å². The fraction of sp³-hybridized carbons (Fsp3) is 0.647. The van der Waals surface area contributed by atoms with Crippen LogP contribution in [-0.4, -0.2) is 64.4 Å². The molecular formula is C116H170N2O10. The number of allylic oxidation sites excluding steroid dienone is 1. The first-order valence-corrected chi connectivity index (χ1v) is 52.3. The van der Waals surface area contributed by atoms with E-state index >= 15 is 0 Å². The van der Waals surface area contributed by atoms with Crippen molar-refractivity contribution in [1.82, 2.24) is 0 Å². The van der Waals surface area contributed by atoms with Gasteiger partial charge in [0.25, 0.3) is 0 Å². The van der Waals surface area contributed by atoms with E-state index in [-0.39, 0.29) is 23.6 Å². The van der Waals surface area contributed by atoms with Crippen molar-refractivity contribution in [3.05, 3.63) is 156 Å². The van der Waals surface area contributed by atoms with Gasteiger partial charge in [-0.25, -0.2) is 0 Å². The Labute approximate surface area is 777 Å². The molecule has 6 aromatic carbocycles. The lowest BCUT2D eigenvalue weighted by Gasteiger charge is -2.58. The Morgan fingerprint density at radius 2 is 0.828 bits per heavy atom. The smallest absolute Gasteiger partial charge is 0.306 e. The van der Waals surface area contributed by atoms with Crippen molar-refractivity contribution in [2.45, 2.75) is 389 Å². The molecule has 128 heavy (non-hydrogen) atoms. The quantitative estimate of drug-likeness (QED) is 0.0120. The topological polar surface area (TPSA) is 125 Å². The highest BCUT2D eigenvalue weighted by Crippen LogP contribution is 2.67. The summed E-state index contributed by atoms with van der Waals surface area (Å²) in [6.45, 7) is 25.9. The average Bonchev–Trinajstić information content (AvgIpc) is 1.46. The van der Waals surface area contributed by atoms with Crippen LogP contribution in [0.5, 0.6) is 46.0 Å². The molecular weight excluding hydrogens is 1580 g/mol. The maximum absolute atomic E-state index is 13.3. The molecule has 10 rings (SSSR count). The zero-order chi connectivity index (χ0) is 89.9. The third-order valence-electron chi connectivity index (χ3n) is 28.8. The summed E-state index contributed by atoms with van der Waals surface area (Å²) in [5.74, 6) is 18.2. The Morgan fingerprint density at radius 1 is 0.398 bits per heavy atom.